The van der Waals surface area contributed by atoms with Gasteiger partial charge in [0.25, 0.3) is 0 Å². The van der Waals surface area contributed by atoms with E-state index in [2.05, 4.69) is 5.32 Å². The molecule has 0 bridgehead atoms. The van der Waals surface area contributed by atoms with E-state index >= 15 is 0 Å². The average molecular weight is 287 g/mol. The Labute approximate surface area is 125 Å². The molecule has 4 nitrogen and oxygen atoms in total. The number of aromatic hydroxyl groups is 1. The number of para-hydroxylation sites is 1. The number of rotatable bonds is 7. The van der Waals surface area contributed by atoms with Crippen LogP contribution >= 0.6 is 0 Å². The van der Waals surface area contributed by atoms with Crippen molar-refractivity contribution in [2.45, 2.75) is 20.1 Å². The van der Waals surface area contributed by atoms with Gasteiger partial charge in [-0.25, -0.2) is 0 Å². The second kappa shape index (κ2) is 7.55. The highest BCUT2D eigenvalue weighted by atomic mass is 16.5. The van der Waals surface area contributed by atoms with Crippen LogP contribution in [0.25, 0.3) is 0 Å². The standard InChI is InChI=1S/C17H21NO3/c1-3-20-16-9-5-7-14(11-18-2)17(16)21-12-13-6-4-8-15(19)10-13/h4-10,18-19H,3,11-12H2,1-2H3. The van der Waals surface area contributed by atoms with Crippen LogP contribution in [-0.4, -0.2) is 18.8 Å². The van der Waals surface area contributed by atoms with Crippen molar-refractivity contribution in [3.63, 3.8) is 0 Å². The van der Waals surface area contributed by atoms with Gasteiger partial charge in [-0.2, -0.15) is 0 Å². The van der Waals surface area contributed by atoms with E-state index < -0.39 is 0 Å². The molecular weight excluding hydrogens is 266 g/mol. The van der Waals surface area contributed by atoms with E-state index in [1.54, 1.807) is 18.2 Å². The molecule has 2 N–H and O–H groups in total. The molecule has 112 valence electrons. The van der Waals surface area contributed by atoms with Crippen LogP contribution in [0.2, 0.25) is 0 Å². The molecule has 0 spiro atoms. The van der Waals surface area contributed by atoms with E-state index in [4.69, 9.17) is 9.47 Å². The molecule has 0 aliphatic rings. The number of nitrogens with one attached hydrogen (secondary N) is 1. The predicted molar refractivity (Wildman–Crippen MR) is 82.8 cm³/mol. The molecule has 0 saturated carbocycles. The maximum Gasteiger partial charge on any atom is 0.166 e. The van der Waals surface area contributed by atoms with Crippen molar-refractivity contribution in [2.24, 2.45) is 0 Å². The summed E-state index contributed by atoms with van der Waals surface area (Å²) in [6.45, 7) is 3.63. The molecule has 0 atom stereocenters. The van der Waals surface area contributed by atoms with Crippen LogP contribution in [0.15, 0.2) is 42.5 Å². The van der Waals surface area contributed by atoms with E-state index in [-0.39, 0.29) is 5.75 Å². The zero-order chi connectivity index (χ0) is 15.1. The van der Waals surface area contributed by atoms with Crippen molar-refractivity contribution in [1.29, 1.82) is 0 Å². The minimum Gasteiger partial charge on any atom is -0.508 e. The summed E-state index contributed by atoms with van der Waals surface area (Å²) in [5.41, 5.74) is 1.96. The Balaban J connectivity index is 2.20. The van der Waals surface area contributed by atoms with Gasteiger partial charge in [0.05, 0.1) is 6.61 Å². The van der Waals surface area contributed by atoms with E-state index in [9.17, 15) is 5.11 Å². The number of hydrogen-bond donors (Lipinski definition) is 2. The van der Waals surface area contributed by atoms with Crippen LogP contribution in [-0.2, 0) is 13.2 Å². The second-order valence-electron chi connectivity index (χ2n) is 4.67. The van der Waals surface area contributed by atoms with Gasteiger partial charge in [-0.3, -0.25) is 0 Å². The lowest BCUT2D eigenvalue weighted by molar-refractivity contribution is 0.266. The van der Waals surface area contributed by atoms with E-state index in [0.29, 0.717) is 19.8 Å². The normalized spacial score (nSPS) is 10.4. The summed E-state index contributed by atoms with van der Waals surface area (Å²) in [4.78, 5) is 0. The molecule has 2 aromatic rings. The third kappa shape index (κ3) is 4.13. The molecule has 0 fully saturated rings. The van der Waals surface area contributed by atoms with Gasteiger partial charge in [0.2, 0.25) is 0 Å². The summed E-state index contributed by atoms with van der Waals surface area (Å²) in [5.74, 6) is 1.73. The van der Waals surface area contributed by atoms with Gasteiger partial charge < -0.3 is 19.9 Å². The molecule has 0 amide bonds. The number of ether oxygens (including phenoxy) is 2. The topological polar surface area (TPSA) is 50.7 Å². The number of benzene rings is 2. The zero-order valence-electron chi connectivity index (χ0n) is 12.4. The summed E-state index contributed by atoms with van der Waals surface area (Å²) in [7, 11) is 1.90. The van der Waals surface area contributed by atoms with Gasteiger partial charge in [-0.05, 0) is 37.7 Å². The fraction of sp³-hybridized carbons (Fsp3) is 0.294. The monoisotopic (exact) mass is 287 g/mol. The molecule has 2 aromatic carbocycles. The Morgan fingerprint density at radius 3 is 2.62 bits per heavy atom. The Bertz CT molecular complexity index is 560. The highest BCUT2D eigenvalue weighted by Gasteiger charge is 2.11. The van der Waals surface area contributed by atoms with Gasteiger partial charge in [-0.1, -0.05) is 24.3 Å². The summed E-state index contributed by atoms with van der Waals surface area (Å²) < 4.78 is 11.6. The lowest BCUT2D eigenvalue weighted by Gasteiger charge is -2.16. The molecule has 2 rings (SSSR count). The van der Waals surface area contributed by atoms with Crippen molar-refractivity contribution in [3.05, 3.63) is 53.6 Å². The van der Waals surface area contributed by atoms with Crippen molar-refractivity contribution in [1.82, 2.24) is 5.32 Å². The van der Waals surface area contributed by atoms with E-state index in [0.717, 1.165) is 22.6 Å². The summed E-state index contributed by atoms with van der Waals surface area (Å²) in [6.07, 6.45) is 0. The first-order chi connectivity index (χ1) is 10.2. The van der Waals surface area contributed by atoms with Crippen LogP contribution in [0.4, 0.5) is 0 Å². The lowest BCUT2D eigenvalue weighted by Crippen LogP contribution is -2.09. The van der Waals surface area contributed by atoms with Crippen molar-refractivity contribution >= 4 is 0 Å². The highest BCUT2D eigenvalue weighted by Crippen LogP contribution is 2.32. The first-order valence-corrected chi connectivity index (χ1v) is 7.04. The number of phenolic OH excluding ortho intramolecular Hbond substituents is 1. The molecule has 0 aromatic heterocycles. The van der Waals surface area contributed by atoms with Gasteiger partial charge in [0.1, 0.15) is 12.4 Å². The molecular formula is C17H21NO3. The number of phenols is 1. The largest absolute Gasteiger partial charge is 0.508 e. The summed E-state index contributed by atoms with van der Waals surface area (Å²) in [6, 6.07) is 12.9. The highest BCUT2D eigenvalue weighted by molar-refractivity contribution is 5.46. The maximum atomic E-state index is 9.50. The predicted octanol–water partition coefficient (Wildman–Crippen LogP) is 3.09. The van der Waals surface area contributed by atoms with Crippen molar-refractivity contribution in [3.8, 4) is 17.2 Å². The fourth-order valence-electron chi connectivity index (χ4n) is 2.13. The average Bonchev–Trinajstić information content (AvgIpc) is 2.47. The Kier molecular flexibility index (Phi) is 5.46. The molecule has 0 radical (unpaired) electrons. The quantitative estimate of drug-likeness (QED) is 0.821. The van der Waals surface area contributed by atoms with Crippen molar-refractivity contribution in [2.75, 3.05) is 13.7 Å². The SMILES string of the molecule is CCOc1cccc(CNC)c1OCc1cccc(O)c1. The van der Waals surface area contributed by atoms with E-state index in [1.165, 1.54) is 0 Å². The van der Waals surface area contributed by atoms with Gasteiger partial charge >= 0.3 is 0 Å². The van der Waals surface area contributed by atoms with Crippen LogP contribution < -0.4 is 14.8 Å². The third-order valence-corrected chi connectivity index (χ3v) is 3.02. The molecule has 4 heteroatoms. The minimum absolute atomic E-state index is 0.240. The first-order valence-electron chi connectivity index (χ1n) is 7.04. The molecule has 0 saturated heterocycles. The van der Waals surface area contributed by atoms with Gasteiger partial charge in [0.15, 0.2) is 11.5 Å². The smallest absolute Gasteiger partial charge is 0.166 e. The first kappa shape index (κ1) is 15.2. The van der Waals surface area contributed by atoms with Crippen LogP contribution in [0.3, 0.4) is 0 Å². The molecule has 0 aliphatic carbocycles. The van der Waals surface area contributed by atoms with Crippen molar-refractivity contribution < 1.29 is 14.6 Å². The zero-order valence-corrected chi connectivity index (χ0v) is 12.4. The second-order valence-corrected chi connectivity index (χ2v) is 4.67. The molecule has 0 aliphatic heterocycles. The van der Waals surface area contributed by atoms with Crippen LogP contribution in [0.5, 0.6) is 17.2 Å². The summed E-state index contributed by atoms with van der Waals surface area (Å²) >= 11 is 0. The lowest BCUT2D eigenvalue weighted by atomic mass is 10.1. The molecule has 0 heterocycles. The Morgan fingerprint density at radius 2 is 1.90 bits per heavy atom. The number of hydrogen-bond acceptors (Lipinski definition) is 4. The van der Waals surface area contributed by atoms with Gasteiger partial charge in [0, 0.05) is 12.1 Å². The fourth-order valence-corrected chi connectivity index (χ4v) is 2.13. The molecule has 21 heavy (non-hydrogen) atoms. The minimum atomic E-state index is 0.240. The Morgan fingerprint density at radius 1 is 1.10 bits per heavy atom. The summed E-state index contributed by atoms with van der Waals surface area (Å²) in [5, 5.41) is 12.6. The van der Waals surface area contributed by atoms with E-state index in [1.807, 2.05) is 38.2 Å². The van der Waals surface area contributed by atoms with Gasteiger partial charge in [-0.15, -0.1) is 0 Å². The Hall–Kier alpha value is -2.20. The maximum absolute atomic E-state index is 9.50. The molecule has 0 unspecified atom stereocenters. The van der Waals surface area contributed by atoms with Crippen LogP contribution in [0.1, 0.15) is 18.1 Å². The third-order valence-electron chi connectivity index (χ3n) is 3.02. The van der Waals surface area contributed by atoms with Crippen LogP contribution in [0, 0.1) is 0 Å².